The van der Waals surface area contributed by atoms with Crippen LogP contribution in [0.5, 0.6) is 0 Å². The zero-order chi connectivity index (χ0) is 17.5. The number of nitrogens with zero attached hydrogens (tertiary/aromatic N) is 2. The Morgan fingerprint density at radius 3 is 2.62 bits per heavy atom. The highest BCUT2D eigenvalue weighted by Crippen LogP contribution is 2.28. The standard InChI is InChI=1S/C15H18F2N2O4S/c16-10-1-2-12(17)11(7-10)15(21)19-4-3-18(5-6-20)13-8-24(22,23)9-14(13)19/h1-2,7,13-14,20H,3-6,8-9H2/t13-,14+/m1/s1. The summed E-state index contributed by atoms with van der Waals surface area (Å²) in [5.41, 5.74) is -0.395. The molecule has 0 unspecified atom stereocenters. The number of hydrogen-bond donors (Lipinski definition) is 1. The second-order valence-electron chi connectivity index (χ2n) is 6.09. The molecular formula is C15H18F2N2O4S. The lowest BCUT2D eigenvalue weighted by molar-refractivity contribution is 0.0277. The fourth-order valence-corrected chi connectivity index (χ4v) is 5.51. The first kappa shape index (κ1) is 17.2. The summed E-state index contributed by atoms with van der Waals surface area (Å²) in [6.07, 6.45) is 0. The Morgan fingerprint density at radius 1 is 1.21 bits per heavy atom. The Morgan fingerprint density at radius 2 is 1.92 bits per heavy atom. The Labute approximate surface area is 138 Å². The van der Waals surface area contributed by atoms with E-state index >= 15 is 0 Å². The highest BCUT2D eigenvalue weighted by Gasteiger charge is 2.48. The van der Waals surface area contributed by atoms with E-state index < -0.39 is 45.0 Å². The lowest BCUT2D eigenvalue weighted by Gasteiger charge is -2.43. The molecule has 132 valence electrons. The Kier molecular flexibility index (Phi) is 4.58. The second-order valence-corrected chi connectivity index (χ2v) is 8.25. The van der Waals surface area contributed by atoms with Gasteiger partial charge in [0.2, 0.25) is 0 Å². The highest BCUT2D eigenvalue weighted by atomic mass is 32.2. The van der Waals surface area contributed by atoms with E-state index in [0.717, 1.165) is 18.2 Å². The molecule has 2 saturated heterocycles. The molecular weight excluding hydrogens is 342 g/mol. The highest BCUT2D eigenvalue weighted by molar-refractivity contribution is 7.91. The van der Waals surface area contributed by atoms with Crippen LogP contribution in [0.2, 0.25) is 0 Å². The second kappa shape index (κ2) is 6.38. The van der Waals surface area contributed by atoms with Gasteiger partial charge in [-0.2, -0.15) is 0 Å². The minimum absolute atomic E-state index is 0.104. The topological polar surface area (TPSA) is 77.9 Å². The molecule has 2 aliphatic heterocycles. The van der Waals surface area contributed by atoms with Crippen molar-refractivity contribution < 1.29 is 27.1 Å². The number of carbonyl (C=O) groups excluding carboxylic acids is 1. The molecule has 2 atom stereocenters. The molecule has 1 aromatic carbocycles. The quantitative estimate of drug-likeness (QED) is 0.813. The maximum absolute atomic E-state index is 13.9. The molecule has 1 N–H and O–H groups in total. The van der Waals surface area contributed by atoms with Crippen molar-refractivity contribution in [1.29, 1.82) is 0 Å². The third-order valence-electron chi connectivity index (χ3n) is 4.60. The zero-order valence-electron chi connectivity index (χ0n) is 12.9. The predicted molar refractivity (Wildman–Crippen MR) is 82.3 cm³/mol. The molecule has 0 spiro atoms. The molecule has 9 heteroatoms. The van der Waals surface area contributed by atoms with Gasteiger partial charge >= 0.3 is 0 Å². The molecule has 0 bridgehead atoms. The van der Waals surface area contributed by atoms with Gasteiger partial charge < -0.3 is 10.0 Å². The molecule has 1 amide bonds. The van der Waals surface area contributed by atoms with Gasteiger partial charge in [0.15, 0.2) is 9.84 Å². The van der Waals surface area contributed by atoms with E-state index in [9.17, 15) is 22.0 Å². The first-order chi connectivity index (χ1) is 11.3. The summed E-state index contributed by atoms with van der Waals surface area (Å²) in [6, 6.07) is 1.58. The third kappa shape index (κ3) is 3.15. The number of carbonyl (C=O) groups is 1. The van der Waals surface area contributed by atoms with Gasteiger partial charge in [0.1, 0.15) is 11.6 Å². The van der Waals surface area contributed by atoms with E-state index in [4.69, 9.17) is 5.11 Å². The van der Waals surface area contributed by atoms with Crippen molar-refractivity contribution in [2.45, 2.75) is 12.1 Å². The summed E-state index contributed by atoms with van der Waals surface area (Å²) in [7, 11) is -3.33. The van der Waals surface area contributed by atoms with Crippen LogP contribution < -0.4 is 0 Å². The number of rotatable bonds is 3. The largest absolute Gasteiger partial charge is 0.395 e. The maximum atomic E-state index is 13.9. The number of aliphatic hydroxyl groups excluding tert-OH is 1. The van der Waals surface area contributed by atoms with Crippen LogP contribution in [0.25, 0.3) is 0 Å². The number of sulfone groups is 1. The summed E-state index contributed by atoms with van der Waals surface area (Å²) in [5, 5.41) is 9.13. The fourth-order valence-electron chi connectivity index (χ4n) is 3.50. The average molecular weight is 360 g/mol. The van der Waals surface area contributed by atoms with Gasteiger partial charge in [0, 0.05) is 25.7 Å². The van der Waals surface area contributed by atoms with Gasteiger partial charge in [0.25, 0.3) is 5.91 Å². The molecule has 1 aromatic rings. The van der Waals surface area contributed by atoms with E-state index in [-0.39, 0.29) is 24.7 Å². The maximum Gasteiger partial charge on any atom is 0.257 e. The molecule has 6 nitrogen and oxygen atoms in total. The molecule has 0 radical (unpaired) electrons. The van der Waals surface area contributed by atoms with Crippen LogP contribution in [-0.2, 0) is 9.84 Å². The molecule has 2 fully saturated rings. The average Bonchev–Trinajstić information content (AvgIpc) is 2.85. The lowest BCUT2D eigenvalue weighted by Crippen LogP contribution is -2.61. The van der Waals surface area contributed by atoms with Crippen LogP contribution in [0.1, 0.15) is 10.4 Å². The van der Waals surface area contributed by atoms with Crippen molar-refractivity contribution >= 4 is 15.7 Å². The van der Waals surface area contributed by atoms with Crippen molar-refractivity contribution in [2.75, 3.05) is 37.7 Å². The predicted octanol–water partition coefficient (Wildman–Crippen LogP) is -0.119. The molecule has 3 rings (SSSR count). The van der Waals surface area contributed by atoms with Gasteiger partial charge in [-0.25, -0.2) is 17.2 Å². The normalized spacial score (nSPS) is 26.4. The van der Waals surface area contributed by atoms with E-state index in [1.54, 1.807) is 0 Å². The summed E-state index contributed by atoms with van der Waals surface area (Å²) in [4.78, 5) is 15.8. The van der Waals surface area contributed by atoms with Crippen LogP contribution in [0.4, 0.5) is 8.78 Å². The summed E-state index contributed by atoms with van der Waals surface area (Å²) in [6.45, 7) is 0.772. The van der Waals surface area contributed by atoms with E-state index in [1.165, 1.54) is 4.90 Å². The van der Waals surface area contributed by atoms with E-state index in [1.807, 2.05) is 4.90 Å². The molecule has 24 heavy (non-hydrogen) atoms. The monoisotopic (exact) mass is 360 g/mol. The van der Waals surface area contributed by atoms with Crippen molar-refractivity contribution in [3.8, 4) is 0 Å². The number of β-amino-alcohol motifs (C(OH)–C–C–N with tert-alkyl or cyclic N) is 1. The molecule has 0 saturated carbocycles. The zero-order valence-corrected chi connectivity index (χ0v) is 13.7. The SMILES string of the molecule is O=C(c1cc(F)ccc1F)N1CCN(CCO)[C@@H]2CS(=O)(=O)C[C@@H]21. The molecule has 0 aliphatic carbocycles. The number of hydrogen-bond acceptors (Lipinski definition) is 5. The van der Waals surface area contributed by atoms with Crippen LogP contribution in [0.15, 0.2) is 18.2 Å². The first-order valence-electron chi connectivity index (χ1n) is 7.64. The van der Waals surface area contributed by atoms with Gasteiger partial charge in [-0.3, -0.25) is 9.69 Å². The van der Waals surface area contributed by atoms with Crippen LogP contribution in [0, 0.1) is 11.6 Å². The van der Waals surface area contributed by atoms with Crippen molar-refractivity contribution in [1.82, 2.24) is 9.80 Å². The van der Waals surface area contributed by atoms with Crippen molar-refractivity contribution in [3.63, 3.8) is 0 Å². The number of aliphatic hydroxyl groups is 1. The summed E-state index contributed by atoms with van der Waals surface area (Å²) >= 11 is 0. The molecule has 0 aromatic heterocycles. The number of amides is 1. The Balaban J connectivity index is 1.91. The van der Waals surface area contributed by atoms with Gasteiger partial charge in [-0.15, -0.1) is 0 Å². The van der Waals surface area contributed by atoms with E-state index in [2.05, 4.69) is 0 Å². The van der Waals surface area contributed by atoms with Crippen LogP contribution in [-0.4, -0.2) is 79.1 Å². The summed E-state index contributed by atoms with van der Waals surface area (Å²) in [5.74, 6) is -2.58. The van der Waals surface area contributed by atoms with Crippen molar-refractivity contribution in [3.05, 3.63) is 35.4 Å². The van der Waals surface area contributed by atoms with Crippen molar-refractivity contribution in [2.24, 2.45) is 0 Å². The number of halogens is 2. The van der Waals surface area contributed by atoms with Crippen LogP contribution >= 0.6 is 0 Å². The smallest absolute Gasteiger partial charge is 0.257 e. The summed E-state index contributed by atoms with van der Waals surface area (Å²) < 4.78 is 51.3. The Hall–Kier alpha value is -1.58. The lowest BCUT2D eigenvalue weighted by atomic mass is 10.0. The first-order valence-corrected chi connectivity index (χ1v) is 9.46. The molecule has 2 heterocycles. The fraction of sp³-hybridized carbons (Fsp3) is 0.533. The number of benzene rings is 1. The minimum atomic E-state index is -3.33. The van der Waals surface area contributed by atoms with Gasteiger partial charge in [-0.1, -0.05) is 0 Å². The number of fused-ring (bicyclic) bond motifs is 1. The Bertz CT molecular complexity index is 756. The van der Waals surface area contributed by atoms with Gasteiger partial charge in [0.05, 0.1) is 29.7 Å². The minimum Gasteiger partial charge on any atom is -0.395 e. The third-order valence-corrected chi connectivity index (χ3v) is 6.30. The van der Waals surface area contributed by atoms with Gasteiger partial charge in [-0.05, 0) is 18.2 Å². The van der Waals surface area contributed by atoms with Crippen LogP contribution in [0.3, 0.4) is 0 Å². The number of piperazine rings is 1. The van der Waals surface area contributed by atoms with E-state index in [0.29, 0.717) is 13.1 Å². The molecule has 2 aliphatic rings.